The predicted octanol–water partition coefficient (Wildman–Crippen LogP) is 1.27. The van der Waals surface area contributed by atoms with Crippen LogP contribution in [0.15, 0.2) is 27.9 Å². The Morgan fingerprint density at radius 2 is 2.00 bits per heavy atom. The summed E-state index contributed by atoms with van der Waals surface area (Å²) < 4.78 is 11.4. The molecule has 1 aromatic heterocycles. The summed E-state index contributed by atoms with van der Waals surface area (Å²) in [4.78, 5) is 13.6. The molecule has 15 heavy (non-hydrogen) atoms. The van der Waals surface area contributed by atoms with Gasteiger partial charge in [0.25, 0.3) is 0 Å². The molecule has 0 aliphatic carbocycles. The fourth-order valence-corrected chi connectivity index (χ4v) is 3.20. The van der Waals surface area contributed by atoms with Crippen LogP contribution in [0.3, 0.4) is 0 Å². The summed E-state index contributed by atoms with van der Waals surface area (Å²) in [7, 11) is 3.17. The fraction of sp³-hybridized carbons (Fsp3) is 0.182. The van der Waals surface area contributed by atoms with Crippen molar-refractivity contribution in [2.45, 2.75) is 0 Å². The first kappa shape index (κ1) is 10.3. The zero-order valence-electron chi connectivity index (χ0n) is 8.44. The van der Waals surface area contributed by atoms with Crippen molar-refractivity contribution in [2.75, 3.05) is 14.2 Å². The van der Waals surface area contributed by atoms with E-state index in [2.05, 4.69) is 0 Å². The van der Waals surface area contributed by atoms with Crippen molar-refractivity contribution in [3.8, 4) is 11.5 Å². The van der Waals surface area contributed by atoms with Crippen molar-refractivity contribution < 1.29 is 9.47 Å². The van der Waals surface area contributed by atoms with Gasteiger partial charge >= 0.3 is 92.7 Å². The molecule has 2 aromatic rings. The third kappa shape index (κ3) is 1.78. The Bertz CT molecular complexity index is 545. The molecule has 0 aliphatic rings. The summed E-state index contributed by atoms with van der Waals surface area (Å²) in [5.41, 5.74) is 0.0117. The monoisotopic (exact) mass is 270 g/mol. The molecule has 0 unspecified atom stereocenters. The molecule has 0 saturated carbocycles. The van der Waals surface area contributed by atoms with Gasteiger partial charge in [-0.2, -0.15) is 0 Å². The van der Waals surface area contributed by atoms with Gasteiger partial charge in [0.1, 0.15) is 0 Å². The quantitative estimate of drug-likeness (QED) is 0.770. The number of methoxy groups -OCH3 is 2. The first-order chi connectivity index (χ1) is 7.26. The van der Waals surface area contributed by atoms with E-state index in [1.807, 2.05) is 11.0 Å². The van der Waals surface area contributed by atoms with E-state index in [4.69, 9.17) is 9.47 Å². The number of hydrogen-bond donors (Lipinski definition) is 0. The topological polar surface area (TPSA) is 35.5 Å². The van der Waals surface area contributed by atoms with Crippen LogP contribution in [0.5, 0.6) is 11.5 Å². The van der Waals surface area contributed by atoms with Crippen LogP contribution in [0.25, 0.3) is 9.65 Å². The average molecular weight is 269 g/mol. The van der Waals surface area contributed by atoms with Crippen LogP contribution in [-0.2, 0) is 0 Å². The van der Waals surface area contributed by atoms with Crippen LogP contribution in [0.2, 0.25) is 0 Å². The molecule has 0 radical (unpaired) electrons. The Morgan fingerprint density at radius 1 is 1.20 bits per heavy atom. The summed E-state index contributed by atoms with van der Waals surface area (Å²) in [6, 6.07) is 5.25. The first-order valence-electron chi connectivity index (χ1n) is 4.40. The second kappa shape index (κ2) is 4.09. The van der Waals surface area contributed by atoms with Gasteiger partial charge < -0.3 is 0 Å². The molecule has 0 spiro atoms. The van der Waals surface area contributed by atoms with E-state index in [0.29, 0.717) is 11.1 Å². The molecule has 78 valence electrons. The summed E-state index contributed by atoms with van der Waals surface area (Å²) >= 11 is 0.186. The summed E-state index contributed by atoms with van der Waals surface area (Å²) in [5, 5.41) is 0.681. The van der Waals surface area contributed by atoms with Gasteiger partial charge in [-0.05, 0) is 0 Å². The second-order valence-corrected chi connectivity index (χ2v) is 4.98. The molecule has 3 nitrogen and oxygen atoms in total. The van der Waals surface area contributed by atoms with Gasteiger partial charge in [0.15, 0.2) is 0 Å². The predicted molar refractivity (Wildman–Crippen MR) is 60.3 cm³/mol. The third-order valence-corrected chi connectivity index (χ3v) is 3.94. The molecule has 1 aromatic carbocycles. The van der Waals surface area contributed by atoms with Gasteiger partial charge in [-0.1, -0.05) is 0 Å². The zero-order valence-corrected chi connectivity index (χ0v) is 10.2. The molecule has 2 rings (SSSR count). The Kier molecular flexibility index (Phi) is 2.80. The van der Waals surface area contributed by atoms with Crippen LogP contribution < -0.4 is 14.9 Å². The number of benzene rings is 1. The maximum atomic E-state index is 11.7. The van der Waals surface area contributed by atoms with E-state index in [1.165, 1.54) is 0 Å². The van der Waals surface area contributed by atoms with E-state index in [9.17, 15) is 4.79 Å². The van der Waals surface area contributed by atoms with E-state index < -0.39 is 0 Å². The molecule has 4 heteroatoms. The Morgan fingerprint density at radius 3 is 2.67 bits per heavy atom. The minimum atomic E-state index is 0.0117. The van der Waals surface area contributed by atoms with Crippen LogP contribution in [0, 0.1) is 0 Å². The molecule has 0 bridgehead atoms. The van der Waals surface area contributed by atoms with Crippen LogP contribution in [0.4, 0.5) is 0 Å². The van der Waals surface area contributed by atoms with Crippen molar-refractivity contribution in [3.05, 3.63) is 33.4 Å². The summed E-state index contributed by atoms with van der Waals surface area (Å²) in [6.07, 6.45) is 0. The van der Waals surface area contributed by atoms with Gasteiger partial charge in [0.05, 0.1) is 0 Å². The normalized spacial score (nSPS) is 10.3. The number of ether oxygens (including phenoxy) is 2. The molecule has 0 fully saturated rings. The SMILES string of the molecule is COc1cc(OC)c2c(=O)cc[se]c2c1. The van der Waals surface area contributed by atoms with Crippen LogP contribution >= 0.6 is 0 Å². The van der Waals surface area contributed by atoms with Gasteiger partial charge in [0.2, 0.25) is 0 Å². The van der Waals surface area contributed by atoms with Crippen molar-refractivity contribution >= 4 is 24.1 Å². The Balaban J connectivity index is 2.87. The van der Waals surface area contributed by atoms with Gasteiger partial charge in [0, 0.05) is 0 Å². The minimum absolute atomic E-state index is 0.0117. The molecule has 0 amide bonds. The molecule has 0 atom stereocenters. The van der Waals surface area contributed by atoms with E-state index in [1.54, 1.807) is 26.4 Å². The second-order valence-electron chi connectivity index (χ2n) is 2.99. The standard InChI is InChI=1S/C11H10O3Se/c1-13-7-5-9(14-2)11-8(12)3-4-15-10(11)6-7/h3-6H,1-2H3. The Labute approximate surface area is 93.0 Å². The number of fused-ring (bicyclic) bond motifs is 1. The van der Waals surface area contributed by atoms with Gasteiger partial charge in [-0.15, -0.1) is 0 Å². The first-order valence-corrected chi connectivity index (χ1v) is 6.24. The third-order valence-electron chi connectivity index (χ3n) is 2.16. The zero-order chi connectivity index (χ0) is 10.8. The average Bonchev–Trinajstić information content (AvgIpc) is 2.27. The van der Waals surface area contributed by atoms with Crippen molar-refractivity contribution in [2.24, 2.45) is 0 Å². The van der Waals surface area contributed by atoms with E-state index >= 15 is 0 Å². The molecular weight excluding hydrogens is 259 g/mol. The van der Waals surface area contributed by atoms with Gasteiger partial charge in [-0.25, -0.2) is 0 Å². The summed E-state index contributed by atoms with van der Waals surface area (Å²) in [6.45, 7) is 0. The Hall–Kier alpha value is -1.25. The van der Waals surface area contributed by atoms with Crippen molar-refractivity contribution in [1.29, 1.82) is 0 Å². The molecule has 0 aliphatic heterocycles. The molecule has 0 N–H and O–H groups in total. The van der Waals surface area contributed by atoms with Crippen LogP contribution in [-0.4, -0.2) is 28.7 Å². The molecule has 0 saturated heterocycles. The van der Waals surface area contributed by atoms with Gasteiger partial charge in [-0.3, -0.25) is 0 Å². The summed E-state index contributed by atoms with van der Waals surface area (Å²) in [5.74, 6) is 1.33. The van der Waals surface area contributed by atoms with Crippen molar-refractivity contribution in [3.63, 3.8) is 0 Å². The van der Waals surface area contributed by atoms with E-state index in [0.717, 1.165) is 10.0 Å². The fourth-order valence-electron chi connectivity index (χ4n) is 1.43. The van der Waals surface area contributed by atoms with Crippen molar-refractivity contribution in [1.82, 2.24) is 0 Å². The number of hydrogen-bond acceptors (Lipinski definition) is 3. The van der Waals surface area contributed by atoms with E-state index in [-0.39, 0.29) is 19.9 Å². The molecular formula is C11H10O3Se. The van der Waals surface area contributed by atoms with Crippen LogP contribution in [0.1, 0.15) is 0 Å². The molecule has 1 heterocycles. The number of rotatable bonds is 2. The maximum absolute atomic E-state index is 11.7.